The van der Waals surface area contributed by atoms with E-state index in [0.29, 0.717) is 56.6 Å². The number of aromatic nitrogens is 2. The molecule has 8 heteroatoms. The van der Waals surface area contributed by atoms with E-state index >= 15 is 0 Å². The number of benzene rings is 1. The van der Waals surface area contributed by atoms with Crippen LogP contribution in [-0.2, 0) is 9.59 Å². The minimum Gasteiger partial charge on any atom is -0.492 e. The minimum absolute atomic E-state index is 0.0665. The van der Waals surface area contributed by atoms with Gasteiger partial charge < -0.3 is 19.9 Å². The molecule has 1 saturated heterocycles. The van der Waals surface area contributed by atoms with Crippen LogP contribution in [0.5, 0.6) is 5.75 Å². The number of carbonyl (C=O) groups excluding carboxylic acids is 2. The smallest absolute Gasteiger partial charge is 0.228 e. The molecule has 1 aliphatic heterocycles. The molecule has 1 saturated carbocycles. The first-order valence-electron chi connectivity index (χ1n) is 10.0. The van der Waals surface area contributed by atoms with E-state index in [1.165, 1.54) is 0 Å². The molecule has 4 rings (SSSR count). The summed E-state index contributed by atoms with van der Waals surface area (Å²) in [5.41, 5.74) is 0.647. The highest BCUT2D eigenvalue weighted by molar-refractivity contribution is 6.00. The molecule has 1 aliphatic carbocycles. The van der Waals surface area contributed by atoms with Crippen molar-refractivity contribution in [3.8, 4) is 5.75 Å². The zero-order chi connectivity index (χ0) is 20.2. The molecule has 1 N–H and O–H groups in total. The summed E-state index contributed by atoms with van der Waals surface area (Å²) in [4.78, 5) is 37.9. The fourth-order valence-corrected chi connectivity index (χ4v) is 3.65. The lowest BCUT2D eigenvalue weighted by molar-refractivity contribution is -0.134. The van der Waals surface area contributed by atoms with Gasteiger partial charge in [0.15, 0.2) is 0 Å². The number of amides is 2. The highest BCUT2D eigenvalue weighted by Crippen LogP contribution is 2.41. The fourth-order valence-electron chi connectivity index (χ4n) is 3.65. The third kappa shape index (κ3) is 4.31. The van der Waals surface area contributed by atoms with Gasteiger partial charge in [-0.2, -0.15) is 0 Å². The second-order valence-corrected chi connectivity index (χ2v) is 7.23. The Morgan fingerprint density at radius 1 is 1.07 bits per heavy atom. The number of hydrogen-bond acceptors (Lipinski definition) is 6. The second-order valence-electron chi connectivity index (χ2n) is 7.23. The Bertz CT molecular complexity index is 868. The molecular formula is C21H25N5O3. The van der Waals surface area contributed by atoms with Crippen molar-refractivity contribution in [2.75, 3.05) is 43.0 Å². The van der Waals surface area contributed by atoms with Gasteiger partial charge in [-0.05, 0) is 31.5 Å². The molecule has 1 aromatic carbocycles. The maximum atomic E-state index is 12.8. The van der Waals surface area contributed by atoms with Crippen LogP contribution in [0.2, 0.25) is 0 Å². The molecule has 2 atom stereocenters. The zero-order valence-corrected chi connectivity index (χ0v) is 16.5. The van der Waals surface area contributed by atoms with Gasteiger partial charge in [-0.3, -0.25) is 9.59 Å². The van der Waals surface area contributed by atoms with Crippen LogP contribution in [0.3, 0.4) is 0 Å². The van der Waals surface area contributed by atoms with Gasteiger partial charge in [0.2, 0.25) is 17.8 Å². The normalized spacial score (nSPS) is 20.9. The van der Waals surface area contributed by atoms with Crippen LogP contribution in [-0.4, -0.2) is 59.5 Å². The number of nitrogens with one attached hydrogen (secondary N) is 1. The first kappa shape index (κ1) is 19.2. The Hall–Kier alpha value is -3.16. The summed E-state index contributed by atoms with van der Waals surface area (Å²) in [5, 5.41) is 2.91. The fraction of sp³-hybridized carbons (Fsp3) is 0.429. The largest absolute Gasteiger partial charge is 0.492 e. The Labute approximate surface area is 169 Å². The number of hydrogen-bond donors (Lipinski definition) is 1. The lowest BCUT2D eigenvalue weighted by atomic mass is 10.2. The summed E-state index contributed by atoms with van der Waals surface area (Å²) in [7, 11) is 0. The van der Waals surface area contributed by atoms with E-state index in [-0.39, 0.29) is 23.7 Å². The molecule has 2 unspecified atom stereocenters. The van der Waals surface area contributed by atoms with Gasteiger partial charge in [0, 0.05) is 38.6 Å². The van der Waals surface area contributed by atoms with Gasteiger partial charge in [0.1, 0.15) is 5.75 Å². The van der Waals surface area contributed by atoms with Crippen molar-refractivity contribution in [3.63, 3.8) is 0 Å². The predicted molar refractivity (Wildman–Crippen MR) is 109 cm³/mol. The molecule has 1 aromatic heterocycles. The molecule has 2 aromatic rings. The van der Waals surface area contributed by atoms with Gasteiger partial charge in [-0.25, -0.2) is 9.97 Å². The molecule has 29 heavy (non-hydrogen) atoms. The highest BCUT2D eigenvalue weighted by atomic mass is 16.5. The quantitative estimate of drug-likeness (QED) is 0.803. The number of ether oxygens (including phenoxy) is 1. The van der Waals surface area contributed by atoms with Gasteiger partial charge in [0.25, 0.3) is 0 Å². The summed E-state index contributed by atoms with van der Waals surface area (Å²) in [6, 6.07) is 9.14. The van der Waals surface area contributed by atoms with E-state index in [9.17, 15) is 9.59 Å². The van der Waals surface area contributed by atoms with Crippen molar-refractivity contribution < 1.29 is 14.3 Å². The molecule has 8 nitrogen and oxygen atoms in total. The van der Waals surface area contributed by atoms with Crippen LogP contribution in [0.15, 0.2) is 42.7 Å². The Balaban J connectivity index is 1.29. The molecule has 2 aliphatic rings. The molecule has 2 amide bonds. The lowest BCUT2D eigenvalue weighted by Gasteiger charge is -2.34. The minimum atomic E-state index is -0.271. The highest BCUT2D eigenvalue weighted by Gasteiger charge is 2.49. The van der Waals surface area contributed by atoms with Crippen LogP contribution in [0.25, 0.3) is 0 Å². The Morgan fingerprint density at radius 2 is 1.79 bits per heavy atom. The van der Waals surface area contributed by atoms with Crippen molar-refractivity contribution in [2.45, 2.75) is 13.3 Å². The van der Waals surface area contributed by atoms with Crippen LogP contribution in [0, 0.1) is 11.8 Å². The van der Waals surface area contributed by atoms with E-state index in [0.717, 1.165) is 0 Å². The molecular weight excluding hydrogens is 370 g/mol. The number of para-hydroxylation sites is 2. The summed E-state index contributed by atoms with van der Waals surface area (Å²) in [6.07, 6.45) is 4.04. The van der Waals surface area contributed by atoms with Crippen LogP contribution >= 0.6 is 0 Å². The molecule has 0 radical (unpaired) electrons. The van der Waals surface area contributed by atoms with E-state index in [2.05, 4.69) is 20.2 Å². The summed E-state index contributed by atoms with van der Waals surface area (Å²) >= 11 is 0. The van der Waals surface area contributed by atoms with E-state index in [1.807, 2.05) is 36.1 Å². The summed E-state index contributed by atoms with van der Waals surface area (Å²) < 4.78 is 5.55. The van der Waals surface area contributed by atoms with Crippen molar-refractivity contribution in [2.24, 2.45) is 11.8 Å². The average molecular weight is 395 g/mol. The number of nitrogens with zero attached hydrogens (tertiary/aromatic N) is 4. The molecule has 2 heterocycles. The maximum Gasteiger partial charge on any atom is 0.228 e. The number of rotatable bonds is 6. The summed E-state index contributed by atoms with van der Waals surface area (Å²) in [6.45, 7) is 5.06. The molecule has 2 fully saturated rings. The van der Waals surface area contributed by atoms with Crippen molar-refractivity contribution in [3.05, 3.63) is 42.7 Å². The average Bonchev–Trinajstić information content (AvgIpc) is 3.57. The number of carbonyl (C=O) groups is 2. The SMILES string of the molecule is CCOc1ccccc1NC(=O)C1CC1C(=O)N1CCN(c2ncccn2)CC1. The number of anilines is 2. The molecule has 0 bridgehead atoms. The first-order valence-corrected chi connectivity index (χ1v) is 10.0. The van der Waals surface area contributed by atoms with Crippen LogP contribution < -0.4 is 15.0 Å². The van der Waals surface area contributed by atoms with Crippen LogP contribution in [0.1, 0.15) is 13.3 Å². The van der Waals surface area contributed by atoms with Crippen molar-refractivity contribution in [1.82, 2.24) is 14.9 Å². The molecule has 152 valence electrons. The van der Waals surface area contributed by atoms with E-state index in [1.54, 1.807) is 18.5 Å². The van der Waals surface area contributed by atoms with E-state index in [4.69, 9.17) is 4.74 Å². The van der Waals surface area contributed by atoms with Gasteiger partial charge in [-0.15, -0.1) is 0 Å². The zero-order valence-electron chi connectivity index (χ0n) is 16.5. The third-order valence-corrected chi connectivity index (χ3v) is 5.32. The van der Waals surface area contributed by atoms with Gasteiger partial charge >= 0.3 is 0 Å². The van der Waals surface area contributed by atoms with Crippen molar-refractivity contribution >= 4 is 23.5 Å². The Morgan fingerprint density at radius 3 is 2.52 bits per heavy atom. The maximum absolute atomic E-state index is 12.8. The number of piperazine rings is 1. The lowest BCUT2D eigenvalue weighted by Crippen LogP contribution is -2.50. The molecule has 0 spiro atoms. The second kappa shape index (κ2) is 8.46. The third-order valence-electron chi connectivity index (χ3n) is 5.32. The summed E-state index contributed by atoms with van der Waals surface area (Å²) in [5.74, 6) is 0.785. The van der Waals surface area contributed by atoms with Gasteiger partial charge in [-0.1, -0.05) is 12.1 Å². The standard InChI is InChI=1S/C21H25N5O3/c1-2-29-18-7-4-3-6-17(18)24-19(27)15-14-16(15)20(28)25-10-12-26(13-11-25)21-22-8-5-9-23-21/h3-9,15-16H,2,10-14H2,1H3,(H,24,27). The monoisotopic (exact) mass is 395 g/mol. The first-order chi connectivity index (χ1) is 14.2. The topological polar surface area (TPSA) is 87.7 Å². The van der Waals surface area contributed by atoms with Crippen molar-refractivity contribution in [1.29, 1.82) is 0 Å². The van der Waals surface area contributed by atoms with E-state index < -0.39 is 0 Å². The Kier molecular flexibility index (Phi) is 5.59. The van der Waals surface area contributed by atoms with Gasteiger partial charge in [0.05, 0.1) is 24.1 Å². The van der Waals surface area contributed by atoms with Crippen LogP contribution in [0.4, 0.5) is 11.6 Å². The predicted octanol–water partition coefficient (Wildman–Crippen LogP) is 1.80.